The van der Waals surface area contributed by atoms with E-state index in [2.05, 4.69) is 36.5 Å². The van der Waals surface area contributed by atoms with Gasteiger partial charge in [0.2, 0.25) is 12.4 Å². The monoisotopic (exact) mass is 1080 g/mol. The summed E-state index contributed by atoms with van der Waals surface area (Å²) in [4.78, 5) is 5.90. The molecule has 1 aliphatic rings. The fraction of sp³-hybridized carbons (Fsp3) is 0.283. The second-order valence-corrected chi connectivity index (χ2v) is 16.7. The van der Waals surface area contributed by atoms with E-state index >= 15 is 0 Å². The van der Waals surface area contributed by atoms with Gasteiger partial charge in [-0.2, -0.15) is 127 Å². The van der Waals surface area contributed by atoms with Crippen molar-refractivity contribution < 1.29 is 115 Å². The van der Waals surface area contributed by atoms with Crippen molar-refractivity contribution in [2.75, 3.05) is 0 Å². The van der Waals surface area contributed by atoms with Crippen LogP contribution in [0.3, 0.4) is 0 Å². The maximum atomic E-state index is 14.2. The molecule has 2 nitrogen and oxygen atoms in total. The first-order chi connectivity index (χ1) is 33.2. The Kier molecular flexibility index (Phi) is 14.7. The van der Waals surface area contributed by atoms with Gasteiger partial charge in [0.05, 0.1) is 49.9 Å². The lowest BCUT2D eigenvalue weighted by atomic mass is 9.12. The topological polar surface area (TPSA) is 13.1 Å². The highest BCUT2D eigenvalue weighted by atomic mass is 19.4. The van der Waals surface area contributed by atoms with Crippen molar-refractivity contribution in [3.63, 3.8) is 0 Å². The Morgan fingerprint density at radius 2 is 0.589 bits per heavy atom. The van der Waals surface area contributed by atoms with Crippen LogP contribution in [0.4, 0.5) is 105 Å². The molecule has 0 saturated heterocycles. The number of hydrogen-bond donors (Lipinski definition) is 0. The summed E-state index contributed by atoms with van der Waals surface area (Å²) in [6.45, 7) is 0. The van der Waals surface area contributed by atoms with Gasteiger partial charge < -0.3 is 0 Å². The molecule has 1 heterocycles. The molecule has 0 bridgehead atoms. The normalized spacial score (nSPS) is 14.8. The van der Waals surface area contributed by atoms with Crippen LogP contribution in [-0.4, -0.2) is 12.2 Å². The van der Waals surface area contributed by atoms with Crippen LogP contribution >= 0.6 is 0 Å². The SMILES string of the molecule is FC(F)(F)c1cc([B-](c2cc(C(F)(F)F)cc(C(F)(F)F)c2)(c2cc(C(F)(F)F)cc(C(F)(F)F)c2)c2cc(C(F)(F)F)cc(C(F)(F)F)c2)cc(C(F)(F)F)c1.c1ccc2c[n+](OC3CCCC3)ccc2c1. The average Bonchev–Trinajstić information content (AvgIpc) is 3.77. The number of aromatic nitrogens is 1. The number of fused-ring (bicyclic) bond motifs is 1. The smallest absolute Gasteiger partial charge is 0.268 e. The quantitative estimate of drug-likeness (QED) is 0.0920. The number of alkyl halides is 24. The van der Waals surface area contributed by atoms with Gasteiger partial charge >= 0.3 is 49.4 Å². The van der Waals surface area contributed by atoms with Crippen molar-refractivity contribution in [1.29, 1.82) is 0 Å². The van der Waals surface area contributed by atoms with Crippen molar-refractivity contribution in [2.45, 2.75) is 81.2 Å². The van der Waals surface area contributed by atoms with Crippen LogP contribution in [0.25, 0.3) is 10.8 Å². The third-order valence-electron chi connectivity index (χ3n) is 11.7. The van der Waals surface area contributed by atoms with Gasteiger partial charge in [-0.25, -0.2) is 0 Å². The van der Waals surface area contributed by atoms with E-state index in [1.54, 1.807) is 0 Å². The number of benzene rings is 5. The van der Waals surface area contributed by atoms with Crippen LogP contribution in [-0.2, 0) is 49.4 Å². The van der Waals surface area contributed by atoms with E-state index in [0.717, 1.165) is 0 Å². The molecular formula is C46H28BF24NO. The Hall–Kier alpha value is -6.31. The van der Waals surface area contributed by atoms with E-state index in [-0.39, 0.29) is 0 Å². The zero-order valence-corrected chi connectivity index (χ0v) is 35.9. The Morgan fingerprint density at radius 1 is 0.342 bits per heavy atom. The third kappa shape index (κ3) is 12.7. The molecule has 0 radical (unpaired) electrons. The minimum atomic E-state index is -6.13. The number of pyridine rings is 1. The molecule has 0 atom stereocenters. The zero-order chi connectivity index (χ0) is 54.7. The fourth-order valence-electron chi connectivity index (χ4n) is 8.42. The van der Waals surface area contributed by atoms with Crippen LogP contribution in [0.1, 0.15) is 70.2 Å². The van der Waals surface area contributed by atoms with Gasteiger partial charge in [0, 0.05) is 10.8 Å². The van der Waals surface area contributed by atoms with E-state index < -0.39 is 195 Å². The molecule has 0 aliphatic heterocycles. The molecule has 5 aromatic carbocycles. The molecule has 7 rings (SSSR count). The van der Waals surface area contributed by atoms with E-state index in [9.17, 15) is 105 Å². The summed E-state index contributed by atoms with van der Waals surface area (Å²) in [7, 11) is 0. The standard InChI is InChI=1S/C32H12BF24.C14H16NO/c34-25(35,36)13-1-14(26(37,38)39)6-21(5-13)33(22-7-15(27(40,41)42)2-16(8-22)28(43,44)45,23-9-17(29(46,47)48)3-18(10-23)30(49,50)51)24-11-19(31(52,53)54)4-20(12-24)32(55,56)57;1-2-6-13-11-15(10-9-12(13)5-1)16-14-7-3-4-8-14/h1-12H;1-2,5-6,9-11,14H,3-4,7-8H2/q-1;+1. The maximum absolute atomic E-state index is 14.2. The summed E-state index contributed by atoms with van der Waals surface area (Å²) in [6, 6.07) is 1.64. The van der Waals surface area contributed by atoms with E-state index in [0.29, 0.717) is 6.10 Å². The summed E-state index contributed by atoms with van der Waals surface area (Å²) >= 11 is 0. The number of rotatable bonds is 6. The molecule has 0 N–H and O–H groups in total. The molecule has 6 aromatic rings. The second kappa shape index (κ2) is 19.2. The molecule has 0 spiro atoms. The minimum Gasteiger partial charge on any atom is -0.268 e. The number of nitrogens with zero attached hydrogens (tertiary/aromatic N) is 1. The second-order valence-electron chi connectivity index (χ2n) is 16.7. The minimum absolute atomic E-state index is 0.408. The Bertz CT molecular complexity index is 2510. The zero-order valence-electron chi connectivity index (χ0n) is 35.9. The molecule has 0 unspecified atom stereocenters. The van der Waals surface area contributed by atoms with Gasteiger partial charge in [-0.3, -0.25) is 4.84 Å². The summed E-state index contributed by atoms with van der Waals surface area (Å²) in [5.41, 5.74) is -30.2. The molecule has 1 aromatic heterocycles. The fourth-order valence-corrected chi connectivity index (χ4v) is 8.42. The first-order valence-electron chi connectivity index (χ1n) is 20.6. The molecular weight excluding hydrogens is 1050 g/mol. The third-order valence-corrected chi connectivity index (χ3v) is 11.7. The molecule has 73 heavy (non-hydrogen) atoms. The predicted octanol–water partition coefficient (Wildman–Crippen LogP) is 13.7. The van der Waals surface area contributed by atoms with Gasteiger partial charge in [0.25, 0.3) is 0 Å². The molecule has 27 heteroatoms. The predicted molar refractivity (Wildman–Crippen MR) is 213 cm³/mol. The van der Waals surface area contributed by atoms with Gasteiger partial charge in [-0.15, -0.1) is 0 Å². The molecule has 1 saturated carbocycles. The lowest BCUT2D eigenvalue weighted by Gasteiger charge is -2.46. The van der Waals surface area contributed by atoms with E-state index in [1.807, 2.05) is 10.9 Å². The summed E-state index contributed by atoms with van der Waals surface area (Å²) < 4.78 is 343. The highest BCUT2D eigenvalue weighted by Crippen LogP contribution is 2.41. The summed E-state index contributed by atoms with van der Waals surface area (Å²) in [5, 5.41) is 2.48. The van der Waals surface area contributed by atoms with Crippen LogP contribution in [0.15, 0.2) is 116 Å². The van der Waals surface area contributed by atoms with Crippen molar-refractivity contribution in [3.8, 4) is 0 Å². The largest absolute Gasteiger partial charge is 0.416 e. The Labute approximate surface area is 394 Å². The van der Waals surface area contributed by atoms with Crippen molar-refractivity contribution in [2.24, 2.45) is 0 Å². The van der Waals surface area contributed by atoms with Crippen LogP contribution in [0.5, 0.6) is 0 Å². The molecule has 0 amide bonds. The van der Waals surface area contributed by atoms with Gasteiger partial charge in [0.15, 0.2) is 6.10 Å². The van der Waals surface area contributed by atoms with Crippen LogP contribution in [0.2, 0.25) is 0 Å². The van der Waals surface area contributed by atoms with Crippen LogP contribution in [0, 0.1) is 0 Å². The average molecular weight is 1080 g/mol. The number of hydrogen-bond acceptors (Lipinski definition) is 1. The van der Waals surface area contributed by atoms with Crippen LogP contribution < -0.4 is 31.4 Å². The van der Waals surface area contributed by atoms with Gasteiger partial charge in [-0.1, -0.05) is 66.7 Å². The Morgan fingerprint density at radius 3 is 0.836 bits per heavy atom. The summed E-state index contributed by atoms with van der Waals surface area (Å²) in [6.07, 6.45) is -45.3. The Balaban J connectivity index is 0.000000453. The maximum Gasteiger partial charge on any atom is 0.416 e. The lowest BCUT2D eigenvalue weighted by Crippen LogP contribution is -2.75. The van der Waals surface area contributed by atoms with E-state index in [1.165, 1.54) is 36.5 Å². The van der Waals surface area contributed by atoms with E-state index in [4.69, 9.17) is 4.84 Å². The van der Waals surface area contributed by atoms with Crippen molar-refractivity contribution in [3.05, 3.63) is 160 Å². The molecule has 1 fully saturated rings. The van der Waals surface area contributed by atoms with Gasteiger partial charge in [-0.05, 0) is 61.4 Å². The highest BCUT2D eigenvalue weighted by molar-refractivity contribution is 7.20. The molecule has 394 valence electrons. The van der Waals surface area contributed by atoms with Crippen molar-refractivity contribution >= 4 is 38.8 Å². The number of halogens is 24. The van der Waals surface area contributed by atoms with Crippen molar-refractivity contribution in [1.82, 2.24) is 0 Å². The summed E-state index contributed by atoms with van der Waals surface area (Å²) in [5.74, 6) is 0. The van der Waals surface area contributed by atoms with Gasteiger partial charge in [0.1, 0.15) is 6.15 Å². The first kappa shape index (κ1) is 56.0. The molecule has 1 aliphatic carbocycles. The lowest BCUT2D eigenvalue weighted by molar-refractivity contribution is -0.898. The first-order valence-corrected chi connectivity index (χ1v) is 20.6. The highest BCUT2D eigenvalue weighted by Gasteiger charge is 2.47.